The molecule has 0 aliphatic carbocycles. The normalized spacial score (nSPS) is 17.8. The van der Waals surface area contributed by atoms with Crippen molar-refractivity contribution in [2.75, 3.05) is 12.3 Å². The lowest BCUT2D eigenvalue weighted by molar-refractivity contribution is 0.453. The highest BCUT2D eigenvalue weighted by Gasteiger charge is 2.31. The molecular weight excluding hydrogens is 438 g/mol. The zero-order valence-corrected chi connectivity index (χ0v) is 21.0. The number of imidazole rings is 1. The highest BCUT2D eigenvalue weighted by Crippen LogP contribution is 2.30. The molecule has 33 heavy (non-hydrogen) atoms. The number of aromatic nitrogens is 2. The molecule has 10 heteroatoms. The zero-order chi connectivity index (χ0) is 24.2. The topological polar surface area (TPSA) is 138 Å². The molecule has 1 unspecified atom stereocenters. The average Bonchev–Trinajstić information content (AvgIpc) is 3.39. The zero-order valence-electron chi connectivity index (χ0n) is 20.2. The molecule has 0 saturated heterocycles. The number of aryl methyl sites for hydroxylation is 1. The minimum absolute atomic E-state index is 0.269. The molecule has 9 nitrogen and oxygen atoms in total. The molecular formula is C23H35N7O2S. The molecule has 4 N–H and O–H groups in total. The van der Waals surface area contributed by atoms with Gasteiger partial charge in [-0.1, -0.05) is 12.8 Å². The Morgan fingerprint density at radius 2 is 1.64 bits per heavy atom. The Morgan fingerprint density at radius 1 is 0.970 bits per heavy atom. The Balaban J connectivity index is 1.57. The molecule has 2 aromatic rings. The molecule has 3 rings (SSSR count). The van der Waals surface area contributed by atoms with Crippen LogP contribution in [0.25, 0.3) is 0 Å². The fraction of sp³-hybridized carbons (Fsp3) is 0.565. The monoisotopic (exact) mass is 473 g/mol. The van der Waals surface area contributed by atoms with Gasteiger partial charge in [-0.2, -0.15) is 5.11 Å². The van der Waals surface area contributed by atoms with Crippen molar-refractivity contribution in [2.24, 2.45) is 15.4 Å². The van der Waals surface area contributed by atoms with Crippen LogP contribution in [0.5, 0.6) is 0 Å². The van der Waals surface area contributed by atoms with E-state index in [0.29, 0.717) is 17.3 Å². The molecule has 0 bridgehead atoms. The van der Waals surface area contributed by atoms with Crippen LogP contribution in [0.4, 0.5) is 5.95 Å². The first kappa shape index (κ1) is 25.0. The Labute approximate surface area is 196 Å². The van der Waals surface area contributed by atoms with E-state index >= 15 is 0 Å². The first-order valence-corrected chi connectivity index (χ1v) is 12.9. The number of nitrogen functional groups attached to an aromatic ring is 1. The highest BCUT2D eigenvalue weighted by molar-refractivity contribution is 7.89. The smallest absolute Gasteiger partial charge is 0.241 e. The van der Waals surface area contributed by atoms with Crippen LogP contribution >= 0.6 is 0 Å². The van der Waals surface area contributed by atoms with Crippen molar-refractivity contribution in [1.82, 2.24) is 14.7 Å². The third-order valence-corrected chi connectivity index (χ3v) is 8.58. The average molecular weight is 474 g/mol. The number of rotatable bonds is 11. The Bertz CT molecular complexity index is 1120. The van der Waals surface area contributed by atoms with Crippen molar-refractivity contribution in [2.45, 2.75) is 83.6 Å². The number of nitrogens with one attached hydrogen (secondary N) is 2. The van der Waals surface area contributed by atoms with E-state index in [1.54, 1.807) is 12.4 Å². The summed E-state index contributed by atoms with van der Waals surface area (Å²) in [5.41, 5.74) is 10.9. The lowest BCUT2D eigenvalue weighted by atomic mass is 9.91. The highest BCUT2D eigenvalue weighted by atomic mass is 32.2. The van der Waals surface area contributed by atoms with Crippen LogP contribution in [-0.4, -0.2) is 36.7 Å². The van der Waals surface area contributed by atoms with Gasteiger partial charge in [0.2, 0.25) is 10.0 Å². The number of nitrogens with two attached hydrogens (primary N) is 1. The molecule has 0 saturated carbocycles. The van der Waals surface area contributed by atoms with E-state index in [-0.39, 0.29) is 6.54 Å². The molecule has 1 aliphatic heterocycles. The van der Waals surface area contributed by atoms with E-state index in [1.165, 1.54) is 0 Å². The number of H-pyrrole nitrogens is 1. The second-order valence-electron chi connectivity index (χ2n) is 8.99. The van der Waals surface area contributed by atoms with Crippen molar-refractivity contribution in [3.05, 3.63) is 39.7 Å². The Kier molecular flexibility index (Phi) is 7.69. The molecule has 1 aromatic carbocycles. The van der Waals surface area contributed by atoms with Gasteiger partial charge in [-0.15, -0.1) is 5.10 Å². The lowest BCUT2D eigenvalue weighted by Gasteiger charge is -2.22. The van der Waals surface area contributed by atoms with E-state index < -0.39 is 15.6 Å². The minimum atomic E-state index is -3.65. The van der Waals surface area contributed by atoms with E-state index in [1.807, 2.05) is 34.6 Å². The maximum absolute atomic E-state index is 13.2. The molecule has 1 aromatic heterocycles. The predicted octanol–water partition coefficient (Wildman–Crippen LogP) is 4.20. The second-order valence-corrected chi connectivity index (χ2v) is 10.7. The number of sulfonamides is 1. The van der Waals surface area contributed by atoms with Crippen LogP contribution in [0.3, 0.4) is 0 Å². The third-order valence-electron chi connectivity index (χ3n) is 6.85. The lowest BCUT2D eigenvalue weighted by Crippen LogP contribution is -2.34. The van der Waals surface area contributed by atoms with Crippen molar-refractivity contribution in [3.8, 4) is 0 Å². The SMILES string of the molecule is Cc1c(C)c(C)c(S(=O)(=O)NCCC2(CCCCCc3cnc(N)[nH]3)C=NN=N2)c(C)c1C. The van der Waals surface area contributed by atoms with E-state index in [4.69, 9.17) is 5.73 Å². The standard InChI is InChI=1S/C23H35N7O2S/c1-15-16(2)18(4)21(19(5)17(15)3)33(31,32)27-12-11-23(14-26-30-29-23)10-8-6-7-9-20-13-25-22(24)28-20/h13-14,27H,6-12H2,1-5H3,(H3,24,25,28). The first-order chi connectivity index (χ1) is 15.6. The minimum Gasteiger partial charge on any atom is -0.369 e. The van der Waals surface area contributed by atoms with Crippen molar-refractivity contribution < 1.29 is 8.42 Å². The summed E-state index contributed by atoms with van der Waals surface area (Å²) in [6.07, 6.45) is 8.64. The molecule has 1 atom stereocenters. The Morgan fingerprint density at radius 3 is 2.21 bits per heavy atom. The van der Waals surface area contributed by atoms with E-state index in [2.05, 4.69) is 30.1 Å². The number of nitrogens with zero attached hydrogens (tertiary/aromatic N) is 4. The fourth-order valence-corrected chi connectivity index (χ4v) is 6.03. The molecule has 0 spiro atoms. The maximum Gasteiger partial charge on any atom is 0.241 e. The summed E-state index contributed by atoms with van der Waals surface area (Å²) in [7, 11) is -3.65. The Hall–Kier alpha value is -2.59. The third kappa shape index (κ3) is 5.67. The van der Waals surface area contributed by atoms with Gasteiger partial charge in [0, 0.05) is 12.2 Å². The molecule has 180 valence electrons. The number of unbranched alkanes of at least 4 members (excludes halogenated alkanes) is 2. The van der Waals surface area contributed by atoms with Crippen LogP contribution in [0, 0.1) is 34.6 Å². The number of aromatic amines is 1. The quantitative estimate of drug-likeness (QED) is 0.421. The summed E-state index contributed by atoms with van der Waals surface area (Å²) >= 11 is 0. The van der Waals surface area contributed by atoms with Gasteiger partial charge in [0.15, 0.2) is 5.95 Å². The van der Waals surface area contributed by atoms with Crippen molar-refractivity contribution >= 4 is 22.2 Å². The molecule has 0 amide bonds. The molecule has 0 fully saturated rings. The number of hydrogen-bond acceptors (Lipinski definition) is 7. The van der Waals surface area contributed by atoms with Crippen molar-refractivity contribution in [3.63, 3.8) is 0 Å². The summed E-state index contributed by atoms with van der Waals surface area (Å²) in [5.74, 6) is 0.440. The van der Waals surface area contributed by atoms with Gasteiger partial charge in [-0.3, -0.25) is 0 Å². The van der Waals surface area contributed by atoms with Gasteiger partial charge in [-0.25, -0.2) is 18.1 Å². The van der Waals surface area contributed by atoms with Gasteiger partial charge in [0.25, 0.3) is 0 Å². The largest absolute Gasteiger partial charge is 0.369 e. The number of anilines is 1. The van der Waals surface area contributed by atoms with Gasteiger partial charge in [0.1, 0.15) is 5.54 Å². The van der Waals surface area contributed by atoms with Gasteiger partial charge in [0.05, 0.1) is 17.3 Å². The summed E-state index contributed by atoms with van der Waals surface area (Å²) < 4.78 is 29.2. The summed E-state index contributed by atoms with van der Waals surface area (Å²) in [6, 6.07) is 0. The van der Waals surface area contributed by atoms with E-state index in [0.717, 1.165) is 65.6 Å². The number of benzene rings is 1. The van der Waals surface area contributed by atoms with Gasteiger partial charge in [-0.05, 0) is 93.3 Å². The van der Waals surface area contributed by atoms with Crippen LogP contribution in [-0.2, 0) is 16.4 Å². The molecule has 0 radical (unpaired) electrons. The van der Waals surface area contributed by atoms with Crippen LogP contribution in [0.15, 0.2) is 26.5 Å². The van der Waals surface area contributed by atoms with Crippen LogP contribution < -0.4 is 10.5 Å². The van der Waals surface area contributed by atoms with E-state index in [9.17, 15) is 8.42 Å². The molecule has 1 aliphatic rings. The summed E-state index contributed by atoms with van der Waals surface area (Å²) in [5, 5.41) is 12.1. The fourth-order valence-electron chi connectivity index (χ4n) is 4.40. The van der Waals surface area contributed by atoms with Gasteiger partial charge < -0.3 is 10.7 Å². The van der Waals surface area contributed by atoms with Gasteiger partial charge >= 0.3 is 0 Å². The van der Waals surface area contributed by atoms with Crippen LogP contribution in [0.1, 0.15) is 65.6 Å². The predicted molar refractivity (Wildman–Crippen MR) is 131 cm³/mol. The summed E-state index contributed by atoms with van der Waals surface area (Å²) in [4.78, 5) is 7.43. The van der Waals surface area contributed by atoms with Crippen LogP contribution in [0.2, 0.25) is 0 Å². The first-order valence-electron chi connectivity index (χ1n) is 11.4. The second kappa shape index (κ2) is 10.1. The maximum atomic E-state index is 13.2. The van der Waals surface area contributed by atoms with Crippen molar-refractivity contribution in [1.29, 1.82) is 0 Å². The molecule has 2 heterocycles. The summed E-state index contributed by atoms with van der Waals surface area (Å²) in [6.45, 7) is 10.0. The number of hydrogen-bond donors (Lipinski definition) is 3.